The average Bonchev–Trinajstić information content (AvgIpc) is 2.78. The number of fused-ring (bicyclic) bond motifs is 1. The number of anilines is 1. The fraction of sp³-hybridized carbons (Fsp3) is 0.250. The number of benzene rings is 2. The van der Waals surface area contributed by atoms with Gasteiger partial charge < -0.3 is 10.1 Å². The van der Waals surface area contributed by atoms with E-state index in [2.05, 4.69) is 58.5 Å². The van der Waals surface area contributed by atoms with Crippen LogP contribution < -0.4 is 10.1 Å². The van der Waals surface area contributed by atoms with Gasteiger partial charge in [0.1, 0.15) is 11.9 Å². The maximum atomic E-state index is 5.94. The Hall–Kier alpha value is -1.48. The zero-order valence-electron chi connectivity index (χ0n) is 10.8. The van der Waals surface area contributed by atoms with Crippen LogP contribution in [0.4, 0.5) is 5.69 Å². The van der Waals surface area contributed by atoms with E-state index in [4.69, 9.17) is 4.74 Å². The second-order valence-electron chi connectivity index (χ2n) is 4.95. The third-order valence-electron chi connectivity index (χ3n) is 3.32. The maximum absolute atomic E-state index is 5.94. The van der Waals surface area contributed by atoms with E-state index >= 15 is 0 Å². The van der Waals surface area contributed by atoms with Crippen molar-refractivity contribution in [2.75, 3.05) is 11.9 Å². The van der Waals surface area contributed by atoms with Crippen LogP contribution in [-0.4, -0.2) is 12.6 Å². The minimum Gasteiger partial charge on any atom is -0.488 e. The summed E-state index contributed by atoms with van der Waals surface area (Å²) in [6, 6.07) is 14.6. The summed E-state index contributed by atoms with van der Waals surface area (Å²) < 4.78 is 7.03. The van der Waals surface area contributed by atoms with Gasteiger partial charge in [-0.1, -0.05) is 39.7 Å². The quantitative estimate of drug-likeness (QED) is 0.917. The molecule has 1 aliphatic heterocycles. The van der Waals surface area contributed by atoms with Gasteiger partial charge in [0, 0.05) is 16.6 Å². The lowest BCUT2D eigenvalue weighted by molar-refractivity contribution is 0.246. The molecule has 1 unspecified atom stereocenters. The first kappa shape index (κ1) is 12.5. The molecule has 0 saturated heterocycles. The SMILES string of the molecule is Cc1ccc2c(c1)CC(CNc1cccc(Br)c1)O2. The highest BCUT2D eigenvalue weighted by Gasteiger charge is 2.22. The lowest BCUT2D eigenvalue weighted by atomic mass is 10.1. The first-order valence-electron chi connectivity index (χ1n) is 6.46. The van der Waals surface area contributed by atoms with Crippen LogP contribution in [0.2, 0.25) is 0 Å². The largest absolute Gasteiger partial charge is 0.488 e. The highest BCUT2D eigenvalue weighted by atomic mass is 79.9. The second kappa shape index (κ2) is 5.25. The summed E-state index contributed by atoms with van der Waals surface area (Å²) in [6.45, 7) is 2.94. The van der Waals surface area contributed by atoms with Gasteiger partial charge in [0.05, 0.1) is 6.54 Å². The predicted octanol–water partition coefficient (Wildman–Crippen LogP) is 4.17. The molecule has 0 aliphatic carbocycles. The summed E-state index contributed by atoms with van der Waals surface area (Å²) in [5, 5.41) is 3.42. The first-order chi connectivity index (χ1) is 9.20. The summed E-state index contributed by atoms with van der Waals surface area (Å²) in [4.78, 5) is 0. The Kier molecular flexibility index (Phi) is 3.47. The molecule has 2 nitrogen and oxygen atoms in total. The molecule has 2 aromatic rings. The highest BCUT2D eigenvalue weighted by Crippen LogP contribution is 2.29. The monoisotopic (exact) mass is 317 g/mol. The molecule has 1 N–H and O–H groups in total. The van der Waals surface area contributed by atoms with E-state index in [1.165, 1.54) is 11.1 Å². The summed E-state index contributed by atoms with van der Waals surface area (Å²) in [5.74, 6) is 1.03. The van der Waals surface area contributed by atoms with E-state index in [9.17, 15) is 0 Å². The Morgan fingerprint density at radius 3 is 3.00 bits per heavy atom. The van der Waals surface area contributed by atoms with Crippen LogP contribution in [0.25, 0.3) is 0 Å². The minimum atomic E-state index is 0.218. The Morgan fingerprint density at radius 2 is 2.16 bits per heavy atom. The third kappa shape index (κ3) is 2.92. The minimum absolute atomic E-state index is 0.218. The molecule has 19 heavy (non-hydrogen) atoms. The van der Waals surface area contributed by atoms with Crippen molar-refractivity contribution in [2.24, 2.45) is 0 Å². The number of hydrogen-bond acceptors (Lipinski definition) is 2. The molecule has 0 saturated carbocycles. The predicted molar refractivity (Wildman–Crippen MR) is 81.9 cm³/mol. The molecule has 1 heterocycles. The fourth-order valence-electron chi connectivity index (χ4n) is 2.39. The molecule has 0 spiro atoms. The molecular formula is C16H16BrNO. The number of hydrogen-bond donors (Lipinski definition) is 1. The van der Waals surface area contributed by atoms with Crippen molar-refractivity contribution < 1.29 is 4.74 Å². The molecule has 98 valence electrons. The van der Waals surface area contributed by atoms with Crippen molar-refractivity contribution in [1.82, 2.24) is 0 Å². The molecule has 0 aromatic heterocycles. The van der Waals surface area contributed by atoms with E-state index in [1.807, 2.05) is 12.1 Å². The summed E-state index contributed by atoms with van der Waals surface area (Å²) >= 11 is 3.48. The van der Waals surface area contributed by atoms with Gasteiger partial charge in [0.15, 0.2) is 0 Å². The van der Waals surface area contributed by atoms with Crippen molar-refractivity contribution in [3.8, 4) is 5.75 Å². The zero-order valence-corrected chi connectivity index (χ0v) is 12.4. The van der Waals surface area contributed by atoms with Crippen LogP contribution in [0.15, 0.2) is 46.9 Å². The molecule has 1 atom stereocenters. The van der Waals surface area contributed by atoms with Crippen molar-refractivity contribution >= 4 is 21.6 Å². The Labute approximate surface area is 121 Å². The number of nitrogens with one attached hydrogen (secondary N) is 1. The Bertz CT molecular complexity index is 597. The molecule has 1 aliphatic rings. The van der Waals surface area contributed by atoms with Gasteiger partial charge in [0.25, 0.3) is 0 Å². The van der Waals surface area contributed by atoms with E-state index < -0.39 is 0 Å². The summed E-state index contributed by atoms with van der Waals surface area (Å²) in [7, 11) is 0. The highest BCUT2D eigenvalue weighted by molar-refractivity contribution is 9.10. The molecule has 3 rings (SSSR count). The van der Waals surface area contributed by atoms with Gasteiger partial charge in [0.2, 0.25) is 0 Å². The maximum Gasteiger partial charge on any atom is 0.123 e. The molecule has 3 heteroatoms. The van der Waals surface area contributed by atoms with Crippen molar-refractivity contribution in [3.63, 3.8) is 0 Å². The molecule has 0 radical (unpaired) electrons. The standard InChI is InChI=1S/C16H16BrNO/c1-11-5-6-16-12(7-11)8-15(19-16)10-18-14-4-2-3-13(17)9-14/h2-7,9,15,18H,8,10H2,1H3. The normalized spacial score (nSPS) is 16.8. The zero-order chi connectivity index (χ0) is 13.2. The molecule has 0 amide bonds. The van der Waals surface area contributed by atoms with Crippen LogP contribution in [0, 0.1) is 6.92 Å². The fourth-order valence-corrected chi connectivity index (χ4v) is 2.79. The van der Waals surface area contributed by atoms with Crippen molar-refractivity contribution in [3.05, 3.63) is 58.1 Å². The number of ether oxygens (including phenoxy) is 1. The summed E-state index contributed by atoms with van der Waals surface area (Å²) in [6.07, 6.45) is 1.20. The van der Waals surface area contributed by atoms with Gasteiger partial charge in [-0.2, -0.15) is 0 Å². The lowest BCUT2D eigenvalue weighted by Gasteiger charge is -2.13. The van der Waals surface area contributed by atoms with Crippen LogP contribution in [-0.2, 0) is 6.42 Å². The smallest absolute Gasteiger partial charge is 0.123 e. The number of halogens is 1. The van der Waals surface area contributed by atoms with Gasteiger partial charge in [-0.25, -0.2) is 0 Å². The van der Waals surface area contributed by atoms with E-state index in [-0.39, 0.29) is 6.10 Å². The van der Waals surface area contributed by atoms with E-state index in [1.54, 1.807) is 0 Å². The second-order valence-corrected chi connectivity index (χ2v) is 5.86. The molecule has 2 aromatic carbocycles. The lowest BCUT2D eigenvalue weighted by Crippen LogP contribution is -2.23. The van der Waals surface area contributed by atoms with Crippen molar-refractivity contribution in [1.29, 1.82) is 0 Å². The number of aryl methyl sites for hydroxylation is 1. The topological polar surface area (TPSA) is 21.3 Å². The Morgan fingerprint density at radius 1 is 1.26 bits per heavy atom. The van der Waals surface area contributed by atoms with Crippen LogP contribution in [0.5, 0.6) is 5.75 Å². The average molecular weight is 318 g/mol. The summed E-state index contributed by atoms with van der Waals surface area (Å²) in [5.41, 5.74) is 3.73. The van der Waals surface area contributed by atoms with Gasteiger partial charge >= 0.3 is 0 Å². The Balaban J connectivity index is 1.62. The van der Waals surface area contributed by atoms with E-state index in [0.717, 1.165) is 28.9 Å². The van der Waals surface area contributed by atoms with Crippen LogP contribution >= 0.6 is 15.9 Å². The molecular weight excluding hydrogens is 302 g/mol. The first-order valence-corrected chi connectivity index (χ1v) is 7.25. The van der Waals surface area contributed by atoms with Gasteiger partial charge in [-0.05, 0) is 36.8 Å². The van der Waals surface area contributed by atoms with Crippen molar-refractivity contribution in [2.45, 2.75) is 19.4 Å². The molecule has 0 bridgehead atoms. The molecule has 0 fully saturated rings. The van der Waals surface area contributed by atoms with Crippen LogP contribution in [0.1, 0.15) is 11.1 Å². The van der Waals surface area contributed by atoms with Crippen LogP contribution in [0.3, 0.4) is 0 Å². The van der Waals surface area contributed by atoms with Gasteiger partial charge in [-0.15, -0.1) is 0 Å². The number of rotatable bonds is 3. The van der Waals surface area contributed by atoms with Gasteiger partial charge in [-0.3, -0.25) is 0 Å². The van der Waals surface area contributed by atoms with E-state index in [0.29, 0.717) is 0 Å². The third-order valence-corrected chi connectivity index (χ3v) is 3.81.